The highest BCUT2D eigenvalue weighted by atomic mass is 19.1. The molecule has 8 heteroatoms. The van der Waals surface area contributed by atoms with Crippen molar-refractivity contribution in [2.24, 2.45) is 10.8 Å². The summed E-state index contributed by atoms with van der Waals surface area (Å²) < 4.78 is 26.2. The van der Waals surface area contributed by atoms with Crippen LogP contribution in [0.2, 0.25) is 0 Å². The summed E-state index contributed by atoms with van der Waals surface area (Å²) in [5.74, 6) is 3.81. The number of alkyl halides is 1. The molecule has 0 atom stereocenters. The minimum absolute atomic E-state index is 0.0135. The molecule has 3 aromatic rings. The molecule has 1 amide bonds. The average molecular weight is 559 g/mol. The van der Waals surface area contributed by atoms with Crippen LogP contribution in [-0.4, -0.2) is 33.2 Å². The van der Waals surface area contributed by atoms with E-state index in [9.17, 15) is 9.18 Å². The molecule has 1 aromatic carbocycles. The van der Waals surface area contributed by atoms with Crippen LogP contribution in [0.15, 0.2) is 39.4 Å². The third-order valence-corrected chi connectivity index (χ3v) is 11.1. The summed E-state index contributed by atoms with van der Waals surface area (Å²) in [7, 11) is 0. The van der Waals surface area contributed by atoms with Crippen LogP contribution in [0, 0.1) is 10.8 Å². The number of hydrogen-bond donors (Lipinski definition) is 0. The predicted octanol–water partition coefficient (Wildman–Crippen LogP) is 7.46. The number of aromatic nitrogens is 3. The number of amides is 1. The molecule has 0 unspecified atom stereocenters. The monoisotopic (exact) mass is 558 g/mol. The maximum atomic E-state index is 14.3. The topological polar surface area (TPSA) is 85.3 Å². The quantitative estimate of drug-likeness (QED) is 0.257. The maximum Gasteiger partial charge on any atom is 0.232 e. The van der Waals surface area contributed by atoms with E-state index < -0.39 is 5.67 Å². The van der Waals surface area contributed by atoms with Gasteiger partial charge in [0.25, 0.3) is 0 Å². The van der Waals surface area contributed by atoms with Crippen molar-refractivity contribution in [3.63, 3.8) is 0 Å². The molecule has 7 fully saturated rings. The van der Waals surface area contributed by atoms with Gasteiger partial charge >= 0.3 is 0 Å². The van der Waals surface area contributed by atoms with Gasteiger partial charge in [-0.3, -0.25) is 4.79 Å². The lowest BCUT2D eigenvalue weighted by Crippen LogP contribution is -2.65. The fourth-order valence-corrected chi connectivity index (χ4v) is 8.50. The fourth-order valence-electron chi connectivity index (χ4n) is 8.50. The average Bonchev–Trinajstić information content (AvgIpc) is 3.48. The van der Waals surface area contributed by atoms with Crippen molar-refractivity contribution in [3.05, 3.63) is 48.1 Å². The number of anilines is 1. The molecule has 0 aliphatic heterocycles. The number of benzene rings is 1. The molecule has 216 valence electrons. The summed E-state index contributed by atoms with van der Waals surface area (Å²) >= 11 is 0. The van der Waals surface area contributed by atoms with E-state index in [2.05, 4.69) is 23.1 Å². The number of fused-ring (bicyclic) bond motifs is 3. The molecule has 0 saturated heterocycles. The highest BCUT2D eigenvalue weighted by Gasteiger charge is 2.69. The van der Waals surface area contributed by atoms with E-state index in [0.29, 0.717) is 38.1 Å². The second-order valence-corrected chi connectivity index (χ2v) is 14.3. The summed E-state index contributed by atoms with van der Waals surface area (Å²) in [6.45, 7) is 2.80. The molecule has 0 spiro atoms. The normalized spacial score (nSPS) is 33.3. The van der Waals surface area contributed by atoms with Gasteiger partial charge in [-0.25, -0.2) is 9.37 Å². The summed E-state index contributed by atoms with van der Waals surface area (Å²) in [4.78, 5) is 25.4. The second kappa shape index (κ2) is 8.98. The van der Waals surface area contributed by atoms with Gasteiger partial charge in [0.05, 0.1) is 6.20 Å². The van der Waals surface area contributed by atoms with Crippen molar-refractivity contribution in [1.82, 2.24) is 15.1 Å². The van der Waals surface area contributed by atoms with Crippen LogP contribution < -0.4 is 4.90 Å². The van der Waals surface area contributed by atoms with Crippen LogP contribution in [0.25, 0.3) is 11.3 Å². The van der Waals surface area contributed by atoms with Gasteiger partial charge in [-0.2, -0.15) is 4.98 Å². The van der Waals surface area contributed by atoms with Crippen molar-refractivity contribution < 1.29 is 18.1 Å². The number of oxazole rings is 1. The van der Waals surface area contributed by atoms with Crippen LogP contribution in [-0.2, 0) is 16.6 Å². The molecule has 10 rings (SSSR count). The van der Waals surface area contributed by atoms with Crippen LogP contribution >= 0.6 is 0 Å². The van der Waals surface area contributed by atoms with E-state index >= 15 is 0 Å². The Bertz CT molecular complexity index is 1440. The number of carbonyl (C=O) groups is 1. The van der Waals surface area contributed by atoms with Gasteiger partial charge in [-0.1, -0.05) is 24.2 Å². The predicted molar refractivity (Wildman–Crippen MR) is 151 cm³/mol. The van der Waals surface area contributed by atoms with Gasteiger partial charge in [-0.15, -0.1) is 0 Å². The van der Waals surface area contributed by atoms with Crippen molar-refractivity contribution in [1.29, 1.82) is 0 Å². The molecule has 7 nitrogen and oxygen atoms in total. The lowest BCUT2D eigenvalue weighted by atomic mass is 9.41. The zero-order valence-corrected chi connectivity index (χ0v) is 24.0. The van der Waals surface area contributed by atoms with Crippen LogP contribution in [0.4, 0.5) is 10.1 Å². The molecular formula is C33H39FN4O3. The van der Waals surface area contributed by atoms with Gasteiger partial charge in [0, 0.05) is 42.0 Å². The zero-order chi connectivity index (χ0) is 27.9. The molecule has 7 aliphatic carbocycles. The first kappa shape index (κ1) is 25.7. The third-order valence-electron chi connectivity index (χ3n) is 11.1. The van der Waals surface area contributed by atoms with Crippen LogP contribution in [0.1, 0.15) is 114 Å². The molecule has 4 bridgehead atoms. The second-order valence-electron chi connectivity index (χ2n) is 14.3. The molecule has 0 radical (unpaired) electrons. The van der Waals surface area contributed by atoms with Crippen molar-refractivity contribution in [2.45, 2.75) is 114 Å². The first-order chi connectivity index (χ1) is 19.8. The Morgan fingerprint density at radius 2 is 1.83 bits per heavy atom. The Morgan fingerprint density at radius 3 is 2.51 bits per heavy atom. The van der Waals surface area contributed by atoms with E-state index in [1.54, 1.807) is 6.20 Å². The Hall–Kier alpha value is -3.03. The highest BCUT2D eigenvalue weighted by Crippen LogP contribution is 2.71. The first-order valence-corrected chi connectivity index (χ1v) is 15.7. The van der Waals surface area contributed by atoms with E-state index in [1.165, 1.54) is 12.8 Å². The zero-order valence-electron chi connectivity index (χ0n) is 24.0. The maximum absolute atomic E-state index is 14.3. The van der Waals surface area contributed by atoms with Gasteiger partial charge in [-0.05, 0) is 100 Å². The lowest BCUT2D eigenvalue weighted by molar-refractivity contribution is -0.215. The number of hydrogen-bond acceptors (Lipinski definition) is 6. The first-order valence-electron chi connectivity index (χ1n) is 15.7. The summed E-state index contributed by atoms with van der Waals surface area (Å²) in [5, 5.41) is 4.32. The van der Waals surface area contributed by atoms with Gasteiger partial charge in [0.2, 0.25) is 11.8 Å². The van der Waals surface area contributed by atoms with Crippen LogP contribution in [0.5, 0.6) is 0 Å². The standard InChI is InChI=1S/C33H39FN4O3/c1-2-4-26-35-17-25(40-26)23-5-3-6-24(15-23)38(27(39)16-31-18-33(34,19-31)20-31)21-30-9-12-32(13-10-30,14-11-30)29-36-28(37-41-29)22-7-8-22/h3,5-6,15,17,22H,2,4,7-14,16,18-21H2,1H3. The Labute approximate surface area is 240 Å². The molecule has 2 aromatic heterocycles. The minimum atomic E-state index is -1.00. The summed E-state index contributed by atoms with van der Waals surface area (Å²) in [6.07, 6.45) is 14.1. The lowest BCUT2D eigenvalue weighted by Gasteiger charge is -2.66. The Morgan fingerprint density at radius 1 is 1.07 bits per heavy atom. The smallest absolute Gasteiger partial charge is 0.232 e. The molecule has 41 heavy (non-hydrogen) atoms. The molecule has 2 heterocycles. The summed E-state index contributed by atoms with van der Waals surface area (Å²) in [6, 6.07) is 8.12. The number of rotatable bonds is 10. The van der Waals surface area contributed by atoms with Crippen molar-refractivity contribution >= 4 is 11.6 Å². The molecular weight excluding hydrogens is 519 g/mol. The highest BCUT2D eigenvalue weighted by molar-refractivity contribution is 5.95. The van der Waals surface area contributed by atoms with Crippen molar-refractivity contribution in [3.8, 4) is 11.3 Å². The fraction of sp³-hybridized carbons (Fsp3) is 0.636. The van der Waals surface area contributed by atoms with E-state index in [-0.39, 0.29) is 22.2 Å². The largest absolute Gasteiger partial charge is 0.441 e. The number of carbonyl (C=O) groups excluding carboxylic acids is 1. The Balaban J connectivity index is 1.04. The molecule has 7 aliphatic rings. The minimum Gasteiger partial charge on any atom is -0.441 e. The van der Waals surface area contributed by atoms with Gasteiger partial charge in [0.1, 0.15) is 5.67 Å². The van der Waals surface area contributed by atoms with E-state index in [1.807, 2.05) is 23.1 Å². The van der Waals surface area contributed by atoms with Gasteiger partial charge in [0.15, 0.2) is 17.5 Å². The molecule has 7 saturated carbocycles. The number of halogens is 1. The Kier molecular flexibility index (Phi) is 5.62. The third kappa shape index (κ3) is 4.35. The van der Waals surface area contributed by atoms with E-state index in [0.717, 1.165) is 86.0 Å². The van der Waals surface area contributed by atoms with Gasteiger partial charge < -0.3 is 13.8 Å². The SMILES string of the molecule is CCCc1ncc(-c2cccc(N(CC34CCC(c5nc(C6CC6)no5)(CC3)CC4)C(=O)CC34CC(F)(C3)C4)c2)o1. The van der Waals surface area contributed by atoms with Crippen LogP contribution in [0.3, 0.4) is 0 Å². The number of nitrogens with zero attached hydrogens (tertiary/aromatic N) is 4. The van der Waals surface area contributed by atoms with Crippen molar-refractivity contribution in [2.75, 3.05) is 11.4 Å². The summed E-state index contributed by atoms with van der Waals surface area (Å²) in [5.41, 5.74) is 0.732. The number of aryl methyl sites for hydroxylation is 1. The van der Waals surface area contributed by atoms with E-state index in [4.69, 9.17) is 13.9 Å². The molecule has 0 N–H and O–H groups in total.